The highest BCUT2D eigenvalue weighted by Gasteiger charge is 2.30. The maximum absolute atomic E-state index is 12.6. The van der Waals surface area contributed by atoms with Crippen molar-refractivity contribution in [3.8, 4) is 0 Å². The van der Waals surface area contributed by atoms with Crippen LogP contribution in [0, 0.1) is 5.92 Å². The molecule has 3 rings (SSSR count). The molecule has 2 aliphatic rings. The molecule has 0 aromatic heterocycles. The predicted octanol–water partition coefficient (Wildman–Crippen LogP) is 1.97. The van der Waals surface area contributed by atoms with Crippen molar-refractivity contribution in [1.82, 2.24) is 4.72 Å². The molecule has 30 heavy (non-hydrogen) atoms. The van der Waals surface area contributed by atoms with Crippen LogP contribution in [0.2, 0.25) is 0 Å². The third-order valence-corrected chi connectivity index (χ3v) is 8.00. The molecule has 1 unspecified atom stereocenters. The van der Waals surface area contributed by atoms with Crippen LogP contribution in [-0.4, -0.2) is 44.1 Å². The van der Waals surface area contributed by atoms with E-state index in [-0.39, 0.29) is 29.8 Å². The van der Waals surface area contributed by atoms with Crippen molar-refractivity contribution in [2.45, 2.75) is 69.7 Å². The number of hydrogen-bond acceptors (Lipinski definition) is 5. The van der Waals surface area contributed by atoms with E-state index in [0.29, 0.717) is 31.4 Å². The lowest BCUT2D eigenvalue weighted by atomic mass is 9.86. The number of carbonyl (C=O) groups is 2. The van der Waals surface area contributed by atoms with Crippen molar-refractivity contribution in [1.29, 1.82) is 0 Å². The van der Waals surface area contributed by atoms with Crippen molar-refractivity contribution >= 4 is 33.2 Å². The van der Waals surface area contributed by atoms with Crippen LogP contribution in [0.15, 0.2) is 24.3 Å². The van der Waals surface area contributed by atoms with E-state index >= 15 is 0 Å². The van der Waals surface area contributed by atoms with Crippen LogP contribution in [0.4, 0.5) is 11.4 Å². The van der Waals surface area contributed by atoms with Gasteiger partial charge in [-0.25, -0.2) is 13.1 Å². The number of sulfonamides is 1. The molecule has 1 aliphatic carbocycles. The van der Waals surface area contributed by atoms with E-state index in [1.54, 1.807) is 13.8 Å². The number of primary amides is 1. The van der Waals surface area contributed by atoms with Gasteiger partial charge in [0, 0.05) is 29.9 Å². The lowest BCUT2D eigenvalue weighted by Gasteiger charge is -2.29. The Bertz CT molecular complexity index is 861. The summed E-state index contributed by atoms with van der Waals surface area (Å²) in [6, 6.07) is 7.11. The van der Waals surface area contributed by atoms with Gasteiger partial charge in [-0.15, -0.1) is 0 Å². The molecule has 9 heteroatoms. The second kappa shape index (κ2) is 9.34. The van der Waals surface area contributed by atoms with E-state index < -0.39 is 15.3 Å². The largest absolute Gasteiger partial charge is 0.368 e. The Morgan fingerprint density at radius 1 is 1.07 bits per heavy atom. The number of nitrogens with one attached hydrogen (secondary N) is 2. The summed E-state index contributed by atoms with van der Waals surface area (Å²) < 4.78 is 26.8. The Labute approximate surface area is 178 Å². The molecule has 0 bridgehead atoms. The van der Waals surface area contributed by atoms with E-state index in [1.807, 2.05) is 29.2 Å². The standard InChI is InChI=1S/C21H32N4O4S/c1-14(2)30(28,29)24-17-7-5-15(6-8-17)21(27)23-16-9-11-18(12-10-16)25-13-3-4-19(25)20(22)26/h9-12,14-15,17,19,24H,3-8,13H2,1-2H3,(H2,22,26)(H,23,27). The predicted molar refractivity (Wildman–Crippen MR) is 118 cm³/mol. The summed E-state index contributed by atoms with van der Waals surface area (Å²) >= 11 is 0. The molecule has 0 spiro atoms. The maximum atomic E-state index is 12.6. The van der Waals surface area contributed by atoms with E-state index in [4.69, 9.17) is 5.73 Å². The molecule has 8 nitrogen and oxygen atoms in total. The van der Waals surface area contributed by atoms with Crippen molar-refractivity contribution < 1.29 is 18.0 Å². The van der Waals surface area contributed by atoms with Crippen molar-refractivity contribution in [3.05, 3.63) is 24.3 Å². The highest BCUT2D eigenvalue weighted by molar-refractivity contribution is 7.90. The van der Waals surface area contributed by atoms with Crippen LogP contribution in [-0.2, 0) is 19.6 Å². The highest BCUT2D eigenvalue weighted by atomic mass is 32.2. The van der Waals surface area contributed by atoms with Crippen LogP contribution in [0.5, 0.6) is 0 Å². The van der Waals surface area contributed by atoms with Gasteiger partial charge in [0.25, 0.3) is 0 Å². The quantitative estimate of drug-likeness (QED) is 0.603. The van der Waals surface area contributed by atoms with E-state index in [2.05, 4.69) is 10.0 Å². The molecule has 4 N–H and O–H groups in total. The van der Waals surface area contributed by atoms with E-state index in [1.165, 1.54) is 0 Å². The molecule has 1 aromatic carbocycles. The van der Waals surface area contributed by atoms with Crippen LogP contribution in [0.3, 0.4) is 0 Å². The molecule has 1 atom stereocenters. The first-order chi connectivity index (χ1) is 14.2. The molecule has 1 aliphatic heterocycles. The van der Waals surface area contributed by atoms with Crippen molar-refractivity contribution in [2.24, 2.45) is 11.7 Å². The second-order valence-electron chi connectivity index (χ2n) is 8.55. The fourth-order valence-electron chi connectivity index (χ4n) is 4.19. The maximum Gasteiger partial charge on any atom is 0.240 e. The van der Waals surface area contributed by atoms with Crippen LogP contribution in [0.1, 0.15) is 52.4 Å². The normalized spacial score (nSPS) is 24.8. The topological polar surface area (TPSA) is 122 Å². The molecule has 2 amide bonds. The highest BCUT2D eigenvalue weighted by Crippen LogP contribution is 2.29. The first-order valence-corrected chi connectivity index (χ1v) is 12.2. The van der Waals surface area contributed by atoms with Gasteiger partial charge in [0.05, 0.1) is 5.25 Å². The smallest absolute Gasteiger partial charge is 0.240 e. The lowest BCUT2D eigenvalue weighted by Crippen LogP contribution is -2.42. The molecule has 166 valence electrons. The minimum absolute atomic E-state index is 0.0379. The van der Waals surface area contributed by atoms with Crippen LogP contribution < -0.4 is 20.7 Å². The van der Waals surface area contributed by atoms with Crippen molar-refractivity contribution in [2.75, 3.05) is 16.8 Å². The third-order valence-electron chi connectivity index (χ3n) is 6.10. The minimum Gasteiger partial charge on any atom is -0.368 e. The summed E-state index contributed by atoms with van der Waals surface area (Å²) in [5.74, 6) is -0.470. The van der Waals surface area contributed by atoms with Gasteiger partial charge in [-0.3, -0.25) is 9.59 Å². The zero-order chi connectivity index (χ0) is 21.9. The van der Waals surface area contributed by atoms with Gasteiger partial charge in [0.15, 0.2) is 0 Å². The Balaban J connectivity index is 1.51. The van der Waals surface area contributed by atoms with Gasteiger partial charge >= 0.3 is 0 Å². The van der Waals surface area contributed by atoms with E-state index in [0.717, 1.165) is 25.1 Å². The van der Waals surface area contributed by atoms with Crippen molar-refractivity contribution in [3.63, 3.8) is 0 Å². The van der Waals surface area contributed by atoms with Gasteiger partial charge in [-0.2, -0.15) is 0 Å². The van der Waals surface area contributed by atoms with Gasteiger partial charge in [-0.05, 0) is 76.6 Å². The molecule has 1 heterocycles. The third kappa shape index (κ3) is 5.31. The summed E-state index contributed by atoms with van der Waals surface area (Å²) in [7, 11) is -3.29. The zero-order valence-electron chi connectivity index (χ0n) is 17.6. The van der Waals surface area contributed by atoms with Gasteiger partial charge < -0.3 is 16.0 Å². The summed E-state index contributed by atoms with van der Waals surface area (Å²) in [6.45, 7) is 4.11. The molecular formula is C21H32N4O4S. The number of amides is 2. The fraction of sp³-hybridized carbons (Fsp3) is 0.619. The Morgan fingerprint density at radius 2 is 1.70 bits per heavy atom. The van der Waals surface area contributed by atoms with Gasteiger partial charge in [0.2, 0.25) is 21.8 Å². The number of rotatable bonds is 7. The van der Waals surface area contributed by atoms with Gasteiger partial charge in [0.1, 0.15) is 6.04 Å². The number of anilines is 2. The zero-order valence-corrected chi connectivity index (χ0v) is 18.5. The molecule has 0 radical (unpaired) electrons. The summed E-state index contributed by atoms with van der Waals surface area (Å²) in [6.07, 6.45) is 4.33. The van der Waals surface area contributed by atoms with Gasteiger partial charge in [-0.1, -0.05) is 0 Å². The fourth-order valence-corrected chi connectivity index (χ4v) is 5.17. The number of hydrogen-bond donors (Lipinski definition) is 3. The summed E-state index contributed by atoms with van der Waals surface area (Å²) in [5.41, 5.74) is 7.12. The second-order valence-corrected chi connectivity index (χ2v) is 10.8. The summed E-state index contributed by atoms with van der Waals surface area (Å²) in [4.78, 5) is 26.2. The van der Waals surface area contributed by atoms with Crippen LogP contribution in [0.25, 0.3) is 0 Å². The van der Waals surface area contributed by atoms with E-state index in [9.17, 15) is 18.0 Å². The number of benzene rings is 1. The molecular weight excluding hydrogens is 404 g/mol. The average Bonchev–Trinajstić information content (AvgIpc) is 3.19. The molecule has 1 aromatic rings. The SMILES string of the molecule is CC(C)S(=O)(=O)NC1CCC(C(=O)Nc2ccc(N3CCCC3C(N)=O)cc2)CC1. The Kier molecular flexibility index (Phi) is 7.02. The first kappa shape index (κ1) is 22.6. The first-order valence-electron chi connectivity index (χ1n) is 10.7. The average molecular weight is 437 g/mol. The monoisotopic (exact) mass is 436 g/mol. The molecule has 1 saturated heterocycles. The molecule has 1 saturated carbocycles. The minimum atomic E-state index is -3.29. The number of nitrogens with zero attached hydrogens (tertiary/aromatic N) is 1. The molecule has 2 fully saturated rings. The number of nitrogens with two attached hydrogens (primary N) is 1. The lowest BCUT2D eigenvalue weighted by molar-refractivity contribution is -0.121. The summed E-state index contributed by atoms with van der Waals surface area (Å²) in [5, 5.41) is 2.50. The number of carbonyl (C=O) groups excluding carboxylic acids is 2. The Hall–Kier alpha value is -2.13. The Morgan fingerprint density at radius 3 is 2.27 bits per heavy atom. The van der Waals surface area contributed by atoms with Crippen LogP contribution >= 0.6 is 0 Å².